The Bertz CT molecular complexity index is 312. The molecular weight excluding hydrogens is 170 g/mol. The molecule has 1 aromatic heterocycles. The Morgan fingerprint density at radius 3 is 2.85 bits per heavy atom. The highest BCUT2D eigenvalue weighted by Gasteiger charge is 2.11. The lowest BCUT2D eigenvalue weighted by Gasteiger charge is -2.05. The highest BCUT2D eigenvalue weighted by molar-refractivity contribution is 5.85. The average molecular weight is 181 g/mol. The van der Waals surface area contributed by atoms with E-state index < -0.39 is 5.97 Å². The van der Waals surface area contributed by atoms with Gasteiger partial charge in [-0.1, -0.05) is 0 Å². The van der Waals surface area contributed by atoms with Gasteiger partial charge in [0.25, 0.3) is 0 Å². The fourth-order valence-corrected chi connectivity index (χ4v) is 0.738. The third kappa shape index (κ3) is 2.70. The summed E-state index contributed by atoms with van der Waals surface area (Å²) in [7, 11) is 0. The molecule has 0 saturated carbocycles. The van der Waals surface area contributed by atoms with E-state index in [1.54, 1.807) is 13.8 Å². The van der Waals surface area contributed by atoms with Crippen LogP contribution in [0.25, 0.3) is 0 Å². The van der Waals surface area contributed by atoms with Crippen molar-refractivity contribution in [1.82, 2.24) is 9.97 Å². The van der Waals surface area contributed by atoms with Crippen molar-refractivity contribution < 1.29 is 9.53 Å². The molecule has 70 valence electrons. The van der Waals surface area contributed by atoms with Crippen LogP contribution in [0.15, 0.2) is 12.3 Å². The number of carbonyl (C=O) groups is 1. The summed E-state index contributed by atoms with van der Waals surface area (Å²) >= 11 is 0. The molecule has 0 amide bonds. The molecule has 0 radical (unpaired) electrons. The van der Waals surface area contributed by atoms with Crippen LogP contribution in [0, 0.1) is 0 Å². The third-order valence-electron chi connectivity index (χ3n) is 1.20. The molecule has 0 unspecified atom stereocenters. The molecule has 5 nitrogen and oxygen atoms in total. The van der Waals surface area contributed by atoms with Crippen molar-refractivity contribution in [2.45, 2.75) is 20.0 Å². The van der Waals surface area contributed by atoms with E-state index in [0.717, 1.165) is 0 Å². The molecular formula is C8H11N3O2. The first-order valence-corrected chi connectivity index (χ1v) is 3.89. The summed E-state index contributed by atoms with van der Waals surface area (Å²) in [6, 6.07) is 1.51. The van der Waals surface area contributed by atoms with Crippen molar-refractivity contribution in [3.05, 3.63) is 18.1 Å². The lowest BCUT2D eigenvalue weighted by atomic mass is 10.4. The highest BCUT2D eigenvalue weighted by Crippen LogP contribution is 2.00. The Balaban J connectivity index is 2.77. The number of aromatic nitrogens is 2. The second-order valence-corrected chi connectivity index (χ2v) is 2.76. The number of carbonyl (C=O) groups excluding carboxylic acids is 1. The van der Waals surface area contributed by atoms with Gasteiger partial charge in [-0.3, -0.25) is 0 Å². The quantitative estimate of drug-likeness (QED) is 0.677. The van der Waals surface area contributed by atoms with Crippen molar-refractivity contribution in [3.63, 3.8) is 0 Å². The summed E-state index contributed by atoms with van der Waals surface area (Å²) in [5.41, 5.74) is 5.37. The molecule has 0 bridgehead atoms. The Morgan fingerprint density at radius 1 is 1.62 bits per heavy atom. The molecule has 1 rings (SSSR count). The number of hydrogen-bond donors (Lipinski definition) is 1. The number of nitrogens with zero attached hydrogens (tertiary/aromatic N) is 2. The van der Waals surface area contributed by atoms with E-state index in [1.165, 1.54) is 12.3 Å². The molecule has 0 aliphatic rings. The third-order valence-corrected chi connectivity index (χ3v) is 1.20. The second kappa shape index (κ2) is 3.84. The van der Waals surface area contributed by atoms with Crippen molar-refractivity contribution in [2.75, 3.05) is 5.73 Å². The van der Waals surface area contributed by atoms with Crippen LogP contribution in [0.4, 0.5) is 5.82 Å². The summed E-state index contributed by atoms with van der Waals surface area (Å²) in [6.07, 6.45) is 1.23. The molecule has 5 heteroatoms. The predicted octanol–water partition coefficient (Wildman–Crippen LogP) is 0.624. The molecule has 1 heterocycles. The maximum absolute atomic E-state index is 11.2. The molecule has 13 heavy (non-hydrogen) atoms. The van der Waals surface area contributed by atoms with Gasteiger partial charge < -0.3 is 10.5 Å². The van der Waals surface area contributed by atoms with Crippen LogP contribution in [0.3, 0.4) is 0 Å². The van der Waals surface area contributed by atoms with Crippen molar-refractivity contribution in [2.24, 2.45) is 0 Å². The minimum absolute atomic E-state index is 0.00583. The minimum atomic E-state index is -0.553. The van der Waals surface area contributed by atoms with Gasteiger partial charge in [-0.25, -0.2) is 14.8 Å². The van der Waals surface area contributed by atoms with Crippen molar-refractivity contribution >= 4 is 11.8 Å². The van der Waals surface area contributed by atoms with E-state index in [9.17, 15) is 4.79 Å². The van der Waals surface area contributed by atoms with E-state index >= 15 is 0 Å². The molecule has 0 spiro atoms. The van der Waals surface area contributed by atoms with Gasteiger partial charge in [0.2, 0.25) is 5.82 Å². The van der Waals surface area contributed by atoms with Gasteiger partial charge >= 0.3 is 5.97 Å². The van der Waals surface area contributed by atoms with Crippen LogP contribution in [0.1, 0.15) is 24.5 Å². The van der Waals surface area contributed by atoms with E-state index in [0.29, 0.717) is 0 Å². The Morgan fingerprint density at radius 2 is 2.31 bits per heavy atom. The van der Waals surface area contributed by atoms with Crippen LogP contribution in [0.2, 0.25) is 0 Å². The van der Waals surface area contributed by atoms with Crippen molar-refractivity contribution in [3.8, 4) is 0 Å². The van der Waals surface area contributed by atoms with E-state index in [-0.39, 0.29) is 17.7 Å². The van der Waals surface area contributed by atoms with E-state index in [4.69, 9.17) is 10.5 Å². The zero-order chi connectivity index (χ0) is 9.84. The maximum atomic E-state index is 11.2. The zero-order valence-electron chi connectivity index (χ0n) is 7.52. The van der Waals surface area contributed by atoms with Gasteiger partial charge in [0, 0.05) is 6.20 Å². The van der Waals surface area contributed by atoms with Gasteiger partial charge in [-0.15, -0.1) is 0 Å². The minimum Gasteiger partial charge on any atom is -0.457 e. The normalized spacial score (nSPS) is 10.1. The summed E-state index contributed by atoms with van der Waals surface area (Å²) in [4.78, 5) is 18.6. The summed E-state index contributed by atoms with van der Waals surface area (Å²) < 4.78 is 4.87. The van der Waals surface area contributed by atoms with Gasteiger partial charge in [0.15, 0.2) is 0 Å². The molecule has 0 saturated heterocycles. The second-order valence-electron chi connectivity index (χ2n) is 2.76. The standard InChI is InChI=1S/C8H11N3O2/c1-5(2)13-8(12)7-10-4-3-6(9)11-7/h3-5H,1-2H3,(H2,9,10,11). The first-order chi connectivity index (χ1) is 6.09. The Hall–Kier alpha value is -1.65. The fraction of sp³-hybridized carbons (Fsp3) is 0.375. The van der Waals surface area contributed by atoms with Gasteiger partial charge in [-0.05, 0) is 19.9 Å². The lowest BCUT2D eigenvalue weighted by Crippen LogP contribution is -2.15. The molecule has 1 aromatic rings. The Kier molecular flexibility index (Phi) is 2.79. The van der Waals surface area contributed by atoms with Crippen LogP contribution >= 0.6 is 0 Å². The Labute approximate surface area is 75.9 Å². The zero-order valence-corrected chi connectivity index (χ0v) is 7.52. The molecule has 0 fully saturated rings. The number of nitrogens with two attached hydrogens (primary N) is 1. The van der Waals surface area contributed by atoms with Gasteiger partial charge in [-0.2, -0.15) is 0 Å². The van der Waals surface area contributed by atoms with Crippen LogP contribution in [-0.4, -0.2) is 22.0 Å². The van der Waals surface area contributed by atoms with Crippen LogP contribution in [-0.2, 0) is 4.74 Å². The van der Waals surface area contributed by atoms with Crippen LogP contribution in [0.5, 0.6) is 0 Å². The SMILES string of the molecule is CC(C)OC(=O)c1nccc(N)n1. The number of nitrogen functional groups attached to an aromatic ring is 1. The number of rotatable bonds is 2. The number of ether oxygens (including phenoxy) is 1. The number of esters is 1. The maximum Gasteiger partial charge on any atom is 0.376 e. The molecule has 0 aromatic carbocycles. The summed E-state index contributed by atoms with van der Waals surface area (Å²) in [5.74, 6) is -0.304. The first kappa shape index (κ1) is 9.44. The largest absolute Gasteiger partial charge is 0.457 e. The summed E-state index contributed by atoms with van der Waals surface area (Å²) in [6.45, 7) is 3.51. The van der Waals surface area contributed by atoms with Crippen LogP contribution < -0.4 is 5.73 Å². The topological polar surface area (TPSA) is 78.1 Å². The average Bonchev–Trinajstić information content (AvgIpc) is 2.03. The van der Waals surface area contributed by atoms with E-state index in [2.05, 4.69) is 9.97 Å². The van der Waals surface area contributed by atoms with Crippen molar-refractivity contribution in [1.29, 1.82) is 0 Å². The van der Waals surface area contributed by atoms with Gasteiger partial charge in [0.05, 0.1) is 6.10 Å². The predicted molar refractivity (Wildman–Crippen MR) is 47.0 cm³/mol. The monoisotopic (exact) mass is 181 g/mol. The number of anilines is 1. The molecule has 2 N–H and O–H groups in total. The smallest absolute Gasteiger partial charge is 0.376 e. The van der Waals surface area contributed by atoms with Gasteiger partial charge in [0.1, 0.15) is 5.82 Å². The first-order valence-electron chi connectivity index (χ1n) is 3.89. The highest BCUT2D eigenvalue weighted by atomic mass is 16.5. The molecule has 0 aliphatic carbocycles. The number of hydrogen-bond acceptors (Lipinski definition) is 5. The van der Waals surface area contributed by atoms with E-state index in [1.807, 2.05) is 0 Å². The lowest BCUT2D eigenvalue weighted by molar-refractivity contribution is 0.0363. The molecule has 0 aliphatic heterocycles. The fourth-order valence-electron chi connectivity index (χ4n) is 0.738. The summed E-state index contributed by atoms with van der Waals surface area (Å²) in [5, 5.41) is 0. The molecule has 0 atom stereocenters.